The number of rotatable bonds is 4. The van der Waals surface area contributed by atoms with Crippen molar-refractivity contribution < 1.29 is 4.92 Å². The van der Waals surface area contributed by atoms with Crippen molar-refractivity contribution >= 4 is 23.9 Å². The molecular formula is C14H14N6O2. The molecule has 0 aliphatic rings. The first-order chi connectivity index (χ1) is 10.6. The monoisotopic (exact) mass is 298 g/mol. The molecular weight excluding hydrogens is 284 g/mol. The van der Waals surface area contributed by atoms with Gasteiger partial charge in [0.1, 0.15) is 5.69 Å². The second kappa shape index (κ2) is 6.84. The molecule has 22 heavy (non-hydrogen) atoms. The van der Waals surface area contributed by atoms with Gasteiger partial charge in [0.25, 0.3) is 5.69 Å². The summed E-state index contributed by atoms with van der Waals surface area (Å²) in [5.74, 6) is 4.91. The summed E-state index contributed by atoms with van der Waals surface area (Å²) in [4.78, 5) is 14.5. The molecule has 8 heteroatoms. The highest BCUT2D eigenvalue weighted by molar-refractivity contribution is 5.91. The smallest absolute Gasteiger partial charge is 0.293 e. The fourth-order valence-electron chi connectivity index (χ4n) is 1.87. The minimum atomic E-state index is -0.414. The highest BCUT2D eigenvalue weighted by Crippen LogP contribution is 2.24. The summed E-state index contributed by atoms with van der Waals surface area (Å²) in [5, 5.41) is 14.3. The molecule has 0 radical (unpaired) electrons. The number of benzene rings is 1. The van der Waals surface area contributed by atoms with Crippen LogP contribution in [0.4, 0.5) is 5.69 Å². The van der Waals surface area contributed by atoms with Gasteiger partial charge in [-0.25, -0.2) is 4.99 Å². The van der Waals surface area contributed by atoms with Crippen LogP contribution in [0.1, 0.15) is 5.69 Å². The third-order valence-corrected chi connectivity index (χ3v) is 2.81. The molecule has 0 atom stereocenters. The standard InChI is InChI=1S/C14H14N6O2/c15-14(18-16)17-9-3-5-11-6-4-10-19(11)12-7-1-2-8-13(12)20(21)22/h1-10H,16H2,(H2,15,18)/b5-3-,17-9-. The fraction of sp³-hybridized carbons (Fsp3) is 0. The van der Waals surface area contributed by atoms with E-state index < -0.39 is 4.92 Å². The third kappa shape index (κ3) is 3.37. The van der Waals surface area contributed by atoms with Crippen LogP contribution in [-0.2, 0) is 0 Å². The fourth-order valence-corrected chi connectivity index (χ4v) is 1.87. The molecule has 1 heterocycles. The van der Waals surface area contributed by atoms with Crippen molar-refractivity contribution in [1.82, 2.24) is 4.57 Å². The summed E-state index contributed by atoms with van der Waals surface area (Å²) in [5.41, 5.74) is 6.59. The van der Waals surface area contributed by atoms with Crippen LogP contribution in [0.25, 0.3) is 11.8 Å². The topological polar surface area (TPSA) is 125 Å². The highest BCUT2D eigenvalue weighted by atomic mass is 16.6. The Labute approximate surface area is 126 Å². The number of hydrazone groups is 1. The van der Waals surface area contributed by atoms with E-state index in [0.717, 1.165) is 5.69 Å². The SMILES string of the molecule is N/N=C(N)/N=C\C=C/c1cccn1-c1ccccc1[N+](=O)[O-]. The minimum absolute atomic E-state index is 0.0292. The van der Waals surface area contributed by atoms with Crippen LogP contribution in [0.2, 0.25) is 0 Å². The van der Waals surface area contributed by atoms with Gasteiger partial charge >= 0.3 is 0 Å². The Kier molecular flexibility index (Phi) is 4.66. The minimum Gasteiger partial charge on any atom is -0.367 e. The maximum absolute atomic E-state index is 11.1. The number of aromatic nitrogens is 1. The van der Waals surface area contributed by atoms with E-state index in [0.29, 0.717) is 5.69 Å². The predicted octanol–water partition coefficient (Wildman–Crippen LogP) is 1.66. The second-order valence-corrected chi connectivity index (χ2v) is 4.17. The summed E-state index contributed by atoms with van der Waals surface area (Å²) >= 11 is 0. The molecule has 0 aliphatic carbocycles. The molecule has 1 aromatic carbocycles. The molecule has 0 aliphatic heterocycles. The molecule has 0 amide bonds. The van der Waals surface area contributed by atoms with E-state index in [1.807, 2.05) is 6.07 Å². The van der Waals surface area contributed by atoms with E-state index in [9.17, 15) is 10.1 Å². The molecule has 2 rings (SSSR count). The molecule has 1 aromatic heterocycles. The number of nitro groups is 1. The predicted molar refractivity (Wildman–Crippen MR) is 85.8 cm³/mol. The van der Waals surface area contributed by atoms with Crippen molar-refractivity contribution in [3.8, 4) is 5.69 Å². The van der Waals surface area contributed by atoms with E-state index in [-0.39, 0.29) is 11.6 Å². The number of allylic oxidation sites excluding steroid dienone is 1. The number of aliphatic imine (C=N–C) groups is 1. The summed E-state index contributed by atoms with van der Waals surface area (Å²) < 4.78 is 1.71. The van der Waals surface area contributed by atoms with Gasteiger partial charge in [-0.1, -0.05) is 12.1 Å². The maximum atomic E-state index is 11.1. The van der Waals surface area contributed by atoms with Gasteiger partial charge in [0.15, 0.2) is 0 Å². The molecule has 4 N–H and O–H groups in total. The molecule has 8 nitrogen and oxygen atoms in total. The van der Waals surface area contributed by atoms with Gasteiger partial charge in [-0.3, -0.25) is 10.1 Å². The number of hydrogen-bond donors (Lipinski definition) is 2. The maximum Gasteiger partial charge on any atom is 0.293 e. The van der Waals surface area contributed by atoms with Crippen LogP contribution in [0.15, 0.2) is 58.8 Å². The first-order valence-corrected chi connectivity index (χ1v) is 6.28. The van der Waals surface area contributed by atoms with Gasteiger partial charge in [-0.2, -0.15) is 0 Å². The van der Waals surface area contributed by atoms with Crippen LogP contribution in [0.5, 0.6) is 0 Å². The lowest BCUT2D eigenvalue weighted by Crippen LogP contribution is -2.10. The summed E-state index contributed by atoms with van der Waals surface area (Å²) in [7, 11) is 0. The van der Waals surface area contributed by atoms with Crippen LogP contribution in [0, 0.1) is 10.1 Å². The normalized spacial score (nSPS) is 12.3. The molecule has 0 fully saturated rings. The van der Waals surface area contributed by atoms with Gasteiger partial charge in [-0.15, -0.1) is 5.10 Å². The molecule has 0 spiro atoms. The van der Waals surface area contributed by atoms with Crippen molar-refractivity contribution in [2.45, 2.75) is 0 Å². The lowest BCUT2D eigenvalue weighted by molar-refractivity contribution is -0.384. The zero-order chi connectivity index (χ0) is 15.9. The zero-order valence-corrected chi connectivity index (χ0v) is 11.5. The number of nitro benzene ring substituents is 1. The first-order valence-electron chi connectivity index (χ1n) is 6.28. The van der Waals surface area contributed by atoms with Gasteiger partial charge in [0, 0.05) is 24.2 Å². The van der Waals surface area contributed by atoms with Crippen LogP contribution >= 0.6 is 0 Å². The van der Waals surface area contributed by atoms with Gasteiger partial charge in [0.2, 0.25) is 5.96 Å². The number of hydrogen-bond acceptors (Lipinski definition) is 4. The largest absolute Gasteiger partial charge is 0.367 e. The van der Waals surface area contributed by atoms with Crippen molar-refractivity contribution in [1.29, 1.82) is 0 Å². The van der Waals surface area contributed by atoms with Crippen molar-refractivity contribution in [3.05, 3.63) is 64.5 Å². The van der Waals surface area contributed by atoms with Crippen LogP contribution in [-0.4, -0.2) is 21.7 Å². The quantitative estimate of drug-likeness (QED) is 0.293. The Bertz CT molecular complexity index is 760. The molecule has 112 valence electrons. The summed E-state index contributed by atoms with van der Waals surface area (Å²) in [6.45, 7) is 0. The van der Waals surface area contributed by atoms with E-state index in [1.54, 1.807) is 47.2 Å². The summed E-state index contributed by atoms with van der Waals surface area (Å²) in [6, 6.07) is 10.1. The average Bonchev–Trinajstić information content (AvgIpc) is 2.99. The van der Waals surface area contributed by atoms with E-state index in [4.69, 9.17) is 11.6 Å². The molecule has 0 bridgehead atoms. The van der Waals surface area contributed by atoms with E-state index >= 15 is 0 Å². The van der Waals surface area contributed by atoms with E-state index in [1.165, 1.54) is 12.3 Å². The van der Waals surface area contributed by atoms with E-state index in [2.05, 4.69) is 10.1 Å². The molecule has 2 aromatic rings. The number of nitrogens with zero attached hydrogens (tertiary/aromatic N) is 4. The number of nitrogens with two attached hydrogens (primary N) is 2. The van der Waals surface area contributed by atoms with Crippen LogP contribution < -0.4 is 11.6 Å². The Hall–Kier alpha value is -3.42. The van der Waals surface area contributed by atoms with Crippen molar-refractivity contribution in [2.75, 3.05) is 0 Å². The van der Waals surface area contributed by atoms with Crippen molar-refractivity contribution in [3.63, 3.8) is 0 Å². The van der Waals surface area contributed by atoms with Crippen molar-refractivity contribution in [2.24, 2.45) is 21.7 Å². The van der Waals surface area contributed by atoms with Gasteiger partial charge in [0.05, 0.1) is 4.92 Å². The van der Waals surface area contributed by atoms with Gasteiger partial charge in [-0.05, 0) is 30.4 Å². The lowest BCUT2D eigenvalue weighted by atomic mass is 10.2. The third-order valence-electron chi connectivity index (χ3n) is 2.81. The lowest BCUT2D eigenvalue weighted by Gasteiger charge is -2.06. The summed E-state index contributed by atoms with van der Waals surface area (Å²) in [6.07, 6.45) is 6.56. The Morgan fingerprint density at radius 2 is 2.05 bits per heavy atom. The molecule has 0 unspecified atom stereocenters. The average molecular weight is 298 g/mol. The van der Waals surface area contributed by atoms with Gasteiger partial charge < -0.3 is 16.1 Å². The second-order valence-electron chi connectivity index (χ2n) is 4.17. The Morgan fingerprint density at radius 1 is 1.27 bits per heavy atom. The molecule has 0 saturated carbocycles. The number of guanidine groups is 1. The molecule has 0 saturated heterocycles. The number of para-hydroxylation sites is 2. The Balaban J connectivity index is 2.33. The highest BCUT2D eigenvalue weighted by Gasteiger charge is 2.14. The first kappa shape index (κ1) is 15.0. The zero-order valence-electron chi connectivity index (χ0n) is 11.5. The van der Waals surface area contributed by atoms with Crippen LogP contribution in [0.3, 0.4) is 0 Å². The Morgan fingerprint density at radius 3 is 2.77 bits per heavy atom.